The van der Waals surface area contributed by atoms with Gasteiger partial charge in [-0.05, 0) is 51.1 Å². The molecule has 0 unspecified atom stereocenters. The normalized spacial score (nSPS) is 12.1. The lowest BCUT2D eigenvalue weighted by Gasteiger charge is -2.01. The maximum Gasteiger partial charge on any atom is 0.169 e. The Bertz CT molecular complexity index is 1660. The molecule has 1 aromatic carbocycles. The largest absolute Gasteiger partial charge is 0.404 e. The molecule has 0 spiro atoms. The van der Waals surface area contributed by atoms with Crippen LogP contribution >= 0.6 is 11.3 Å². The Balaban J connectivity index is 1.58. The van der Waals surface area contributed by atoms with Crippen molar-refractivity contribution >= 4 is 44.8 Å². The van der Waals surface area contributed by atoms with Crippen LogP contribution in [0.15, 0.2) is 72.5 Å². The van der Waals surface area contributed by atoms with E-state index in [9.17, 15) is 4.79 Å². The van der Waals surface area contributed by atoms with Gasteiger partial charge in [0.2, 0.25) is 0 Å². The number of para-hydroxylation sites is 1. The van der Waals surface area contributed by atoms with E-state index in [2.05, 4.69) is 15.2 Å². The van der Waals surface area contributed by atoms with Gasteiger partial charge in [-0.2, -0.15) is 5.10 Å². The second kappa shape index (κ2) is 9.15. The first-order valence-electron chi connectivity index (χ1n) is 11.1. The molecule has 0 saturated heterocycles. The van der Waals surface area contributed by atoms with Crippen molar-refractivity contribution in [1.82, 2.24) is 25.1 Å². The first kappa shape index (κ1) is 22.5. The molecule has 0 bridgehead atoms. The van der Waals surface area contributed by atoms with Crippen LogP contribution in [0.4, 0.5) is 0 Å². The van der Waals surface area contributed by atoms with Gasteiger partial charge in [0.15, 0.2) is 17.3 Å². The minimum atomic E-state index is 0.0580. The smallest absolute Gasteiger partial charge is 0.169 e. The number of carbonyl (C=O) groups excluding carboxylic acids is 1. The lowest BCUT2D eigenvalue weighted by molar-refractivity contribution is 0.102. The second-order valence-corrected chi connectivity index (χ2v) is 9.48. The zero-order chi connectivity index (χ0) is 24.5. The van der Waals surface area contributed by atoms with Crippen molar-refractivity contribution in [1.29, 1.82) is 0 Å². The SMILES string of the molecule is CC(=O)c1ccc(-c2cccc3[nH]c(-c4n[nH]c5ccc(C(/C=C\C=C(C)C)=C/N)nc45)nc23)s1. The number of H-pyrrole nitrogens is 2. The van der Waals surface area contributed by atoms with Crippen LogP contribution in [-0.4, -0.2) is 30.9 Å². The molecule has 0 aliphatic carbocycles. The van der Waals surface area contributed by atoms with Crippen molar-refractivity contribution in [3.8, 4) is 22.0 Å². The number of nitrogens with two attached hydrogens (primary N) is 1. The molecule has 0 amide bonds. The van der Waals surface area contributed by atoms with Crippen LogP contribution < -0.4 is 5.73 Å². The Kier molecular flexibility index (Phi) is 5.88. The molecule has 0 radical (unpaired) electrons. The third-order valence-corrected chi connectivity index (χ3v) is 6.76. The molecule has 0 fully saturated rings. The zero-order valence-electron chi connectivity index (χ0n) is 19.6. The molecule has 7 nitrogen and oxygen atoms in total. The number of ketones is 1. The van der Waals surface area contributed by atoms with Crippen molar-refractivity contribution < 1.29 is 4.79 Å². The highest BCUT2D eigenvalue weighted by Crippen LogP contribution is 2.35. The number of imidazole rings is 1. The van der Waals surface area contributed by atoms with Crippen LogP contribution in [0.25, 0.3) is 49.6 Å². The summed E-state index contributed by atoms with van der Waals surface area (Å²) >= 11 is 1.47. The minimum Gasteiger partial charge on any atom is -0.404 e. The summed E-state index contributed by atoms with van der Waals surface area (Å²) in [5.41, 5.74) is 13.4. The summed E-state index contributed by atoms with van der Waals surface area (Å²) in [6, 6.07) is 13.6. The quantitative estimate of drug-likeness (QED) is 0.196. The van der Waals surface area contributed by atoms with Crippen molar-refractivity contribution in [2.45, 2.75) is 20.8 Å². The molecule has 0 aliphatic heterocycles. The number of Topliss-reactive ketones (excluding diaryl/α,β-unsaturated/α-hetero) is 1. The molecule has 174 valence electrons. The van der Waals surface area contributed by atoms with Gasteiger partial charge in [0.25, 0.3) is 0 Å². The Morgan fingerprint density at radius 3 is 2.60 bits per heavy atom. The Morgan fingerprint density at radius 1 is 1.00 bits per heavy atom. The number of hydrogen-bond acceptors (Lipinski definition) is 6. The van der Waals surface area contributed by atoms with Crippen molar-refractivity contribution in [2.75, 3.05) is 0 Å². The van der Waals surface area contributed by atoms with Crippen LogP contribution in [0, 0.1) is 0 Å². The zero-order valence-corrected chi connectivity index (χ0v) is 20.4. The van der Waals surface area contributed by atoms with E-state index in [0.29, 0.717) is 17.0 Å². The van der Waals surface area contributed by atoms with Gasteiger partial charge in [0, 0.05) is 22.2 Å². The first-order valence-corrected chi connectivity index (χ1v) is 12.0. The van der Waals surface area contributed by atoms with Crippen LogP contribution in [-0.2, 0) is 0 Å². The van der Waals surface area contributed by atoms with E-state index >= 15 is 0 Å². The number of nitrogens with zero attached hydrogens (tertiary/aromatic N) is 3. The maximum atomic E-state index is 11.8. The number of carbonyl (C=O) groups is 1. The minimum absolute atomic E-state index is 0.0580. The second-order valence-electron chi connectivity index (χ2n) is 8.40. The fourth-order valence-corrected chi connectivity index (χ4v) is 4.74. The summed E-state index contributed by atoms with van der Waals surface area (Å²) in [5.74, 6) is 0.674. The molecule has 0 atom stereocenters. The van der Waals surface area contributed by atoms with Crippen molar-refractivity contribution in [2.24, 2.45) is 5.73 Å². The summed E-state index contributed by atoms with van der Waals surface area (Å²) in [5, 5.41) is 7.55. The Hall–Kier alpha value is -4.30. The predicted octanol–water partition coefficient (Wildman–Crippen LogP) is 6.25. The summed E-state index contributed by atoms with van der Waals surface area (Å²) in [6.07, 6.45) is 7.46. The Morgan fingerprint density at radius 2 is 1.86 bits per heavy atom. The fourth-order valence-electron chi connectivity index (χ4n) is 3.81. The average Bonchev–Trinajstić information content (AvgIpc) is 3.58. The number of nitrogens with one attached hydrogen (secondary N) is 2. The van der Waals surface area contributed by atoms with E-state index < -0.39 is 0 Å². The standard InChI is InChI=1S/C27H24N6OS/c1-15(2)6-4-7-17(14-28)19-10-11-21-25(29-19)26(33-32-21)27-30-20-9-5-8-18(24(20)31-27)23-13-12-22(35-23)16(3)34/h4-14H,28H2,1-3H3,(H,30,31)(H,32,33)/b7-4-,17-14+. The van der Waals surface area contributed by atoms with Crippen molar-refractivity contribution in [3.05, 3.63) is 83.0 Å². The van der Waals surface area contributed by atoms with Gasteiger partial charge < -0.3 is 10.7 Å². The fraction of sp³-hybridized carbons (Fsp3) is 0.111. The predicted molar refractivity (Wildman–Crippen MR) is 143 cm³/mol. The first-order chi connectivity index (χ1) is 16.9. The van der Waals surface area contributed by atoms with Gasteiger partial charge in [-0.25, -0.2) is 9.97 Å². The summed E-state index contributed by atoms with van der Waals surface area (Å²) in [6.45, 7) is 5.66. The molecular weight excluding hydrogens is 456 g/mol. The monoisotopic (exact) mass is 480 g/mol. The highest BCUT2D eigenvalue weighted by Gasteiger charge is 2.17. The maximum absolute atomic E-state index is 11.8. The number of pyridine rings is 1. The molecular formula is C27H24N6OS. The summed E-state index contributed by atoms with van der Waals surface area (Å²) < 4.78 is 0. The number of aromatic amines is 2. The lowest BCUT2D eigenvalue weighted by atomic mass is 10.1. The molecule has 0 aliphatic rings. The van der Waals surface area contributed by atoms with E-state index in [1.807, 2.05) is 74.5 Å². The molecule has 5 aromatic rings. The van der Waals surface area contributed by atoms with Gasteiger partial charge in [-0.15, -0.1) is 11.3 Å². The third-order valence-electron chi connectivity index (χ3n) is 5.54. The van der Waals surface area contributed by atoms with Crippen LogP contribution in [0.3, 0.4) is 0 Å². The van der Waals surface area contributed by atoms with Gasteiger partial charge >= 0.3 is 0 Å². The molecule has 8 heteroatoms. The Labute approximate surface area is 206 Å². The van der Waals surface area contributed by atoms with Gasteiger partial charge in [-0.1, -0.05) is 35.9 Å². The van der Waals surface area contributed by atoms with Gasteiger partial charge in [0.05, 0.1) is 27.1 Å². The number of fused-ring (bicyclic) bond motifs is 2. The molecule has 4 heterocycles. The number of aromatic nitrogens is 5. The summed E-state index contributed by atoms with van der Waals surface area (Å²) in [7, 11) is 0. The lowest BCUT2D eigenvalue weighted by Crippen LogP contribution is -1.92. The van der Waals surface area contributed by atoms with Gasteiger partial charge in [0.1, 0.15) is 5.52 Å². The highest BCUT2D eigenvalue weighted by molar-refractivity contribution is 7.17. The molecule has 4 aromatic heterocycles. The van der Waals surface area contributed by atoms with Crippen LogP contribution in [0.2, 0.25) is 0 Å². The highest BCUT2D eigenvalue weighted by atomic mass is 32.1. The molecule has 0 saturated carbocycles. The summed E-state index contributed by atoms with van der Waals surface area (Å²) in [4.78, 5) is 26.6. The van der Waals surface area contributed by atoms with E-state index in [-0.39, 0.29) is 5.78 Å². The molecule has 5 rings (SSSR count). The number of thiophene rings is 1. The number of benzene rings is 1. The van der Waals surface area contributed by atoms with E-state index in [0.717, 1.165) is 43.1 Å². The number of rotatable bonds is 6. The van der Waals surface area contributed by atoms with Crippen molar-refractivity contribution in [3.63, 3.8) is 0 Å². The van der Waals surface area contributed by atoms with Crippen LogP contribution in [0.1, 0.15) is 36.1 Å². The van der Waals surface area contributed by atoms with E-state index in [1.165, 1.54) is 16.9 Å². The molecule has 35 heavy (non-hydrogen) atoms. The topological polar surface area (TPSA) is 113 Å². The average molecular weight is 481 g/mol. The molecule has 4 N–H and O–H groups in total. The van der Waals surface area contributed by atoms with E-state index in [4.69, 9.17) is 15.7 Å². The number of hydrogen-bond donors (Lipinski definition) is 3. The third kappa shape index (κ3) is 4.31. The van der Waals surface area contributed by atoms with Crippen LogP contribution in [0.5, 0.6) is 0 Å². The van der Waals surface area contributed by atoms with E-state index in [1.54, 1.807) is 13.1 Å². The number of allylic oxidation sites excluding steroid dienone is 5. The van der Waals surface area contributed by atoms with Gasteiger partial charge in [-0.3, -0.25) is 9.89 Å².